The number of aromatic nitrogens is 2. The molecular formula is C62H76N6. The highest BCUT2D eigenvalue weighted by Gasteiger charge is 2.26. The summed E-state index contributed by atoms with van der Waals surface area (Å²) in [6.45, 7) is 8.94. The predicted octanol–water partition coefficient (Wildman–Crippen LogP) is 17.7. The lowest BCUT2D eigenvalue weighted by Crippen LogP contribution is -2.44. The Bertz CT molecular complexity index is 2630. The molecule has 8 rings (SSSR count). The van der Waals surface area contributed by atoms with Crippen LogP contribution in [0.5, 0.6) is 0 Å². The minimum Gasteiger partial charge on any atom is -0.340 e. The van der Waals surface area contributed by atoms with E-state index in [2.05, 4.69) is 198 Å². The van der Waals surface area contributed by atoms with E-state index in [0.29, 0.717) is 0 Å². The number of anilines is 2. The molecule has 0 saturated carbocycles. The van der Waals surface area contributed by atoms with Crippen LogP contribution in [0.15, 0.2) is 156 Å². The largest absolute Gasteiger partial charge is 0.340 e. The van der Waals surface area contributed by atoms with Crippen LogP contribution in [0.1, 0.15) is 147 Å². The van der Waals surface area contributed by atoms with Gasteiger partial charge in [0.15, 0.2) is 0 Å². The van der Waals surface area contributed by atoms with Gasteiger partial charge in [0, 0.05) is 56.7 Å². The van der Waals surface area contributed by atoms with Crippen LogP contribution in [0.25, 0.3) is 43.6 Å². The van der Waals surface area contributed by atoms with Crippen molar-refractivity contribution >= 4 is 67.4 Å². The van der Waals surface area contributed by atoms with E-state index in [1.807, 2.05) is 0 Å². The first-order valence-corrected chi connectivity index (χ1v) is 26.5. The quantitative estimate of drug-likeness (QED) is 0.0213. The van der Waals surface area contributed by atoms with Crippen molar-refractivity contribution in [2.24, 2.45) is 10.2 Å². The van der Waals surface area contributed by atoms with Gasteiger partial charge in [-0.3, -0.25) is 0 Å². The zero-order valence-corrected chi connectivity index (χ0v) is 41.4. The minimum absolute atomic E-state index is 0.195. The average molecular weight is 905 g/mol. The van der Waals surface area contributed by atoms with Crippen molar-refractivity contribution in [1.29, 1.82) is 0 Å². The molecule has 0 saturated heterocycles. The Labute approximate surface area is 407 Å². The summed E-state index contributed by atoms with van der Waals surface area (Å²) in [4.78, 5) is 0. The SMILES string of the molecule is CCCCCCCCCC(N(/N=C/c1ccc2c(c1)c1ccccc1n2CCCCCCC)c1ccccc1)N(/N=C/c1ccc2c(c1)c1ccccc1n2CCCCCCC)c1ccccc1. The smallest absolute Gasteiger partial charge is 0.144 e. The third-order valence-corrected chi connectivity index (χ3v) is 13.9. The molecule has 2 heterocycles. The number of hydrogen-bond acceptors (Lipinski definition) is 4. The lowest BCUT2D eigenvalue weighted by molar-refractivity contribution is 0.491. The Balaban J connectivity index is 1.15. The number of hydrazone groups is 2. The Hall–Kier alpha value is -6.14. The van der Waals surface area contributed by atoms with E-state index in [-0.39, 0.29) is 6.17 Å². The maximum absolute atomic E-state index is 5.48. The van der Waals surface area contributed by atoms with Gasteiger partial charge in [0.1, 0.15) is 6.17 Å². The lowest BCUT2D eigenvalue weighted by atomic mass is 10.1. The molecule has 354 valence electrons. The summed E-state index contributed by atoms with van der Waals surface area (Å²) in [6.07, 6.45) is 26.2. The summed E-state index contributed by atoms with van der Waals surface area (Å²) in [5.41, 5.74) is 9.47. The van der Waals surface area contributed by atoms with Crippen molar-refractivity contribution in [3.05, 3.63) is 157 Å². The Morgan fingerprint density at radius 2 is 0.750 bits per heavy atom. The Morgan fingerprint density at radius 1 is 0.382 bits per heavy atom. The number of rotatable bonds is 28. The molecule has 0 spiro atoms. The molecule has 2 aromatic heterocycles. The molecule has 8 aromatic rings. The van der Waals surface area contributed by atoms with Crippen molar-refractivity contribution in [1.82, 2.24) is 9.13 Å². The highest BCUT2D eigenvalue weighted by Crippen LogP contribution is 2.33. The van der Waals surface area contributed by atoms with E-state index in [9.17, 15) is 0 Å². The highest BCUT2D eigenvalue weighted by molar-refractivity contribution is 6.10. The van der Waals surface area contributed by atoms with Crippen molar-refractivity contribution in [2.75, 3.05) is 10.0 Å². The van der Waals surface area contributed by atoms with E-state index in [1.54, 1.807) is 0 Å². The Morgan fingerprint density at radius 3 is 1.19 bits per heavy atom. The van der Waals surface area contributed by atoms with Crippen LogP contribution >= 0.6 is 0 Å². The fourth-order valence-corrected chi connectivity index (χ4v) is 10.2. The fourth-order valence-electron chi connectivity index (χ4n) is 10.2. The van der Waals surface area contributed by atoms with Crippen molar-refractivity contribution < 1.29 is 0 Å². The molecule has 0 radical (unpaired) electrons. The summed E-state index contributed by atoms with van der Waals surface area (Å²) in [7, 11) is 0. The number of nitrogens with zero attached hydrogens (tertiary/aromatic N) is 6. The van der Waals surface area contributed by atoms with E-state index in [0.717, 1.165) is 48.4 Å². The molecule has 6 nitrogen and oxygen atoms in total. The molecule has 0 bridgehead atoms. The average Bonchev–Trinajstić information content (AvgIpc) is 3.87. The molecule has 68 heavy (non-hydrogen) atoms. The second-order valence-electron chi connectivity index (χ2n) is 19.0. The summed E-state index contributed by atoms with van der Waals surface area (Å²) in [6, 6.07) is 53.1. The third-order valence-electron chi connectivity index (χ3n) is 13.9. The summed E-state index contributed by atoms with van der Waals surface area (Å²) in [5, 5.41) is 20.6. The van der Waals surface area contributed by atoms with Gasteiger partial charge in [-0.15, -0.1) is 0 Å². The van der Waals surface area contributed by atoms with Crippen LogP contribution in [-0.2, 0) is 13.1 Å². The van der Waals surface area contributed by atoms with Crippen molar-refractivity contribution in [2.45, 2.75) is 156 Å². The van der Waals surface area contributed by atoms with Crippen LogP contribution in [0.4, 0.5) is 11.4 Å². The topological polar surface area (TPSA) is 41.1 Å². The monoisotopic (exact) mass is 905 g/mol. The van der Waals surface area contributed by atoms with Crippen LogP contribution < -0.4 is 10.0 Å². The standard InChI is InChI=1S/C62H76N6/c1-4-7-10-13-14-15-24-39-62(67(52-31-20-18-21-32-52)63-48-50-40-42-60-56(46-50)54-35-25-27-37-58(54)65(60)44-29-16-11-8-5-2)68(53-33-22-19-23-34-53)64-49-51-41-43-61-57(47-51)55-36-26-28-38-59(55)66(61)45-30-17-12-9-6-3/h18-23,25-28,31-38,40-43,46-49,62H,4-17,24,29-30,39,44-45H2,1-3H3/b63-48+,64-49+. The molecule has 0 fully saturated rings. The van der Waals surface area contributed by atoms with Gasteiger partial charge in [0.05, 0.1) is 23.8 Å². The van der Waals surface area contributed by atoms with Crippen LogP contribution in [0.3, 0.4) is 0 Å². The molecule has 0 aliphatic heterocycles. The van der Waals surface area contributed by atoms with Crippen LogP contribution in [0, 0.1) is 0 Å². The lowest BCUT2D eigenvalue weighted by Gasteiger charge is -2.36. The Kier molecular flexibility index (Phi) is 18.0. The van der Waals surface area contributed by atoms with Gasteiger partial charge in [-0.05, 0) is 97.5 Å². The van der Waals surface area contributed by atoms with E-state index < -0.39 is 0 Å². The maximum Gasteiger partial charge on any atom is 0.144 e. The maximum atomic E-state index is 5.48. The first kappa shape index (κ1) is 48.3. The summed E-state index contributed by atoms with van der Waals surface area (Å²) < 4.78 is 5.07. The fraction of sp³-hybridized carbons (Fsp3) is 0.387. The predicted molar refractivity (Wildman–Crippen MR) is 296 cm³/mol. The number of fused-ring (bicyclic) bond motifs is 6. The molecule has 6 heteroatoms. The third kappa shape index (κ3) is 12.1. The molecule has 0 aliphatic carbocycles. The molecule has 0 amide bonds. The molecule has 6 aromatic carbocycles. The zero-order chi connectivity index (χ0) is 46.8. The first-order chi connectivity index (χ1) is 33.7. The number of para-hydroxylation sites is 4. The van der Waals surface area contributed by atoms with Gasteiger partial charge < -0.3 is 9.13 Å². The highest BCUT2D eigenvalue weighted by atomic mass is 15.6. The van der Waals surface area contributed by atoms with E-state index in [1.165, 1.54) is 146 Å². The van der Waals surface area contributed by atoms with Gasteiger partial charge in [-0.2, -0.15) is 10.2 Å². The van der Waals surface area contributed by atoms with E-state index in [4.69, 9.17) is 10.2 Å². The summed E-state index contributed by atoms with van der Waals surface area (Å²) in [5.74, 6) is 0. The molecular weight excluding hydrogens is 829 g/mol. The number of aryl methyl sites for hydroxylation is 2. The molecule has 0 N–H and O–H groups in total. The van der Waals surface area contributed by atoms with Crippen molar-refractivity contribution in [3.8, 4) is 0 Å². The van der Waals surface area contributed by atoms with Gasteiger partial charge in [-0.1, -0.05) is 196 Å². The number of unbranched alkanes of at least 4 members (excludes halogenated alkanes) is 14. The second kappa shape index (κ2) is 25.3. The normalized spacial score (nSPS) is 12.1. The van der Waals surface area contributed by atoms with Gasteiger partial charge in [0.2, 0.25) is 0 Å². The molecule has 0 atom stereocenters. The number of hydrogen-bond donors (Lipinski definition) is 0. The number of benzene rings is 6. The van der Waals surface area contributed by atoms with Gasteiger partial charge in [-0.25, -0.2) is 10.0 Å². The van der Waals surface area contributed by atoms with Gasteiger partial charge in [0.25, 0.3) is 0 Å². The first-order valence-electron chi connectivity index (χ1n) is 26.5. The van der Waals surface area contributed by atoms with Gasteiger partial charge >= 0.3 is 0 Å². The molecule has 0 aliphatic rings. The second-order valence-corrected chi connectivity index (χ2v) is 19.0. The molecule has 0 unspecified atom stereocenters. The minimum atomic E-state index is -0.195. The van der Waals surface area contributed by atoms with Crippen LogP contribution in [0.2, 0.25) is 0 Å². The zero-order valence-electron chi connectivity index (χ0n) is 41.4. The van der Waals surface area contributed by atoms with Crippen molar-refractivity contribution in [3.63, 3.8) is 0 Å². The van der Waals surface area contributed by atoms with E-state index >= 15 is 0 Å². The summed E-state index contributed by atoms with van der Waals surface area (Å²) >= 11 is 0. The van der Waals surface area contributed by atoms with Crippen LogP contribution in [-0.4, -0.2) is 27.7 Å².